The van der Waals surface area contributed by atoms with Crippen LogP contribution in [-0.2, 0) is 0 Å². The van der Waals surface area contributed by atoms with Gasteiger partial charge in [0, 0.05) is 30.8 Å². The molecule has 9 heteroatoms. The molecule has 0 saturated heterocycles. The van der Waals surface area contributed by atoms with Crippen molar-refractivity contribution in [1.29, 1.82) is 0 Å². The topological polar surface area (TPSA) is 77.8 Å². The smallest absolute Gasteiger partial charge is 0.271 e. The maximum absolute atomic E-state index is 13.5. The summed E-state index contributed by atoms with van der Waals surface area (Å²) in [5.74, 6) is -1.68. The van der Waals surface area contributed by atoms with Crippen LogP contribution in [0, 0.1) is 0 Å². The normalized spacial score (nSPS) is 17.3. The lowest BCUT2D eigenvalue weighted by atomic mass is 9.81. The quantitative estimate of drug-likeness (QED) is 0.618. The molecule has 1 fully saturated rings. The van der Waals surface area contributed by atoms with E-state index in [2.05, 4.69) is 15.3 Å². The van der Waals surface area contributed by atoms with Crippen LogP contribution >= 0.6 is 0 Å². The van der Waals surface area contributed by atoms with Gasteiger partial charge in [-0.15, -0.1) is 0 Å². The van der Waals surface area contributed by atoms with Crippen molar-refractivity contribution in [2.45, 2.75) is 51.0 Å². The summed E-state index contributed by atoms with van der Waals surface area (Å²) in [4.78, 5) is 21.2. The molecule has 1 aliphatic carbocycles. The maximum Gasteiger partial charge on any atom is 0.271 e. The van der Waals surface area contributed by atoms with Crippen LogP contribution in [0.2, 0.25) is 0 Å². The van der Waals surface area contributed by atoms with Gasteiger partial charge in [0.25, 0.3) is 11.8 Å². The molecular formula is C22H24F2N4O3. The first-order valence-corrected chi connectivity index (χ1v) is 10.2. The monoisotopic (exact) mass is 430 g/mol. The molecule has 3 heterocycles. The minimum Gasteiger partial charge on any atom is -0.488 e. The Morgan fingerprint density at radius 2 is 1.97 bits per heavy atom. The van der Waals surface area contributed by atoms with Crippen LogP contribution in [0.25, 0.3) is 5.65 Å². The molecule has 0 spiro atoms. The number of carbonyl (C=O) groups is 1. The molecule has 3 aromatic heterocycles. The number of carbonyl (C=O) groups excluding carboxylic acids is 1. The molecule has 31 heavy (non-hydrogen) atoms. The zero-order chi connectivity index (χ0) is 22.1. The number of nitrogens with zero attached hydrogens (tertiary/aromatic N) is 3. The van der Waals surface area contributed by atoms with Gasteiger partial charge < -0.3 is 19.2 Å². The van der Waals surface area contributed by atoms with Crippen molar-refractivity contribution in [2.75, 3.05) is 6.61 Å². The molecule has 1 N–H and O–H groups in total. The predicted molar refractivity (Wildman–Crippen MR) is 110 cm³/mol. The third-order valence-corrected chi connectivity index (χ3v) is 5.41. The van der Waals surface area contributed by atoms with E-state index in [0.29, 0.717) is 29.6 Å². The molecule has 4 rings (SSSR count). The molecule has 0 radical (unpaired) electrons. The molecular weight excluding hydrogens is 406 g/mol. The summed E-state index contributed by atoms with van der Waals surface area (Å²) in [5, 5.41) is 2.88. The Balaban J connectivity index is 1.50. The van der Waals surface area contributed by atoms with Crippen LogP contribution in [0.1, 0.15) is 50.0 Å². The molecule has 0 aliphatic heterocycles. The Bertz CT molecular complexity index is 1090. The standard InChI is InChI=1S/C22H24F2N4O3/c1-3-30-17-5-4-12-25-20(17)31-15-6-7-18-26-16(14-28(18)13-15)19(29)27-21(2)8-10-22(23,24)11-9-21/h4-7,12-14H,3,8-11H2,1-2H3,(H,27,29). The van der Waals surface area contributed by atoms with Crippen molar-refractivity contribution in [1.82, 2.24) is 19.7 Å². The number of rotatable bonds is 6. The Kier molecular flexibility index (Phi) is 5.51. The second-order valence-electron chi connectivity index (χ2n) is 7.97. The summed E-state index contributed by atoms with van der Waals surface area (Å²) < 4.78 is 39.9. The highest BCUT2D eigenvalue weighted by atomic mass is 19.3. The highest BCUT2D eigenvalue weighted by molar-refractivity contribution is 5.93. The average molecular weight is 430 g/mol. The maximum atomic E-state index is 13.5. The molecule has 3 aromatic rings. The van der Waals surface area contributed by atoms with Crippen molar-refractivity contribution in [3.8, 4) is 17.4 Å². The van der Waals surface area contributed by atoms with E-state index in [1.807, 2.05) is 6.92 Å². The van der Waals surface area contributed by atoms with Gasteiger partial charge in [0.05, 0.1) is 12.8 Å². The highest BCUT2D eigenvalue weighted by Crippen LogP contribution is 2.38. The summed E-state index contributed by atoms with van der Waals surface area (Å²) >= 11 is 0. The first-order chi connectivity index (χ1) is 14.8. The molecule has 7 nitrogen and oxygen atoms in total. The summed E-state index contributed by atoms with van der Waals surface area (Å²) in [6, 6.07) is 6.97. The zero-order valence-electron chi connectivity index (χ0n) is 17.4. The number of halogens is 2. The number of amides is 1. The number of ether oxygens (including phenoxy) is 2. The summed E-state index contributed by atoms with van der Waals surface area (Å²) in [5.41, 5.74) is 0.102. The minimum atomic E-state index is -2.65. The van der Waals surface area contributed by atoms with Crippen LogP contribution in [0.4, 0.5) is 8.78 Å². The highest BCUT2D eigenvalue weighted by Gasteiger charge is 2.41. The number of alkyl halides is 2. The van der Waals surface area contributed by atoms with Crippen LogP contribution in [0.3, 0.4) is 0 Å². The molecule has 0 aromatic carbocycles. The zero-order valence-corrected chi connectivity index (χ0v) is 17.4. The van der Waals surface area contributed by atoms with Gasteiger partial charge >= 0.3 is 0 Å². The third kappa shape index (κ3) is 4.76. The van der Waals surface area contributed by atoms with Gasteiger partial charge in [0.2, 0.25) is 5.92 Å². The number of imidazole rings is 1. The molecule has 0 atom stereocenters. The lowest BCUT2D eigenvalue weighted by Gasteiger charge is -2.37. The summed E-state index contributed by atoms with van der Waals surface area (Å²) in [6.07, 6.45) is 4.87. The minimum absolute atomic E-state index is 0.212. The van der Waals surface area contributed by atoms with E-state index in [1.54, 1.807) is 54.2 Å². The van der Waals surface area contributed by atoms with Gasteiger partial charge in [-0.1, -0.05) is 0 Å². The van der Waals surface area contributed by atoms with Crippen molar-refractivity contribution in [3.05, 3.63) is 48.5 Å². The number of pyridine rings is 2. The van der Waals surface area contributed by atoms with Crippen molar-refractivity contribution < 1.29 is 23.0 Å². The van der Waals surface area contributed by atoms with E-state index >= 15 is 0 Å². The number of hydrogen-bond acceptors (Lipinski definition) is 5. The van der Waals surface area contributed by atoms with Gasteiger partial charge in [-0.2, -0.15) is 0 Å². The second-order valence-corrected chi connectivity index (χ2v) is 7.97. The molecule has 1 amide bonds. The predicted octanol–water partition coefficient (Wildman–Crippen LogP) is 4.62. The van der Waals surface area contributed by atoms with Gasteiger partial charge in [0.1, 0.15) is 17.1 Å². The van der Waals surface area contributed by atoms with E-state index in [1.165, 1.54) is 0 Å². The number of hydrogen-bond donors (Lipinski definition) is 1. The molecule has 0 unspecified atom stereocenters. The van der Waals surface area contributed by atoms with E-state index < -0.39 is 11.5 Å². The fourth-order valence-electron chi connectivity index (χ4n) is 3.60. The average Bonchev–Trinajstić information content (AvgIpc) is 3.16. The SMILES string of the molecule is CCOc1cccnc1Oc1ccc2nc(C(=O)NC3(C)CCC(F)(F)CC3)cn2c1. The van der Waals surface area contributed by atoms with Crippen molar-refractivity contribution in [2.24, 2.45) is 0 Å². The first-order valence-electron chi connectivity index (χ1n) is 10.2. The Morgan fingerprint density at radius 1 is 1.19 bits per heavy atom. The van der Waals surface area contributed by atoms with Gasteiger partial charge in [-0.3, -0.25) is 4.79 Å². The van der Waals surface area contributed by atoms with Crippen LogP contribution < -0.4 is 14.8 Å². The van der Waals surface area contributed by atoms with Crippen LogP contribution in [0.15, 0.2) is 42.9 Å². The fraction of sp³-hybridized carbons (Fsp3) is 0.409. The number of aromatic nitrogens is 3. The fourth-order valence-corrected chi connectivity index (χ4v) is 3.60. The van der Waals surface area contributed by atoms with Crippen LogP contribution in [-0.4, -0.2) is 38.3 Å². The number of nitrogens with one attached hydrogen (secondary N) is 1. The molecule has 1 saturated carbocycles. The molecule has 164 valence electrons. The van der Waals surface area contributed by atoms with Gasteiger partial charge in [-0.25, -0.2) is 18.7 Å². The third-order valence-electron chi connectivity index (χ3n) is 5.41. The Labute approximate surface area is 178 Å². The number of fused-ring (bicyclic) bond motifs is 1. The Hall–Kier alpha value is -3.23. The second kappa shape index (κ2) is 8.13. The Morgan fingerprint density at radius 3 is 2.71 bits per heavy atom. The van der Waals surface area contributed by atoms with Gasteiger partial charge in [0.15, 0.2) is 5.75 Å². The van der Waals surface area contributed by atoms with Gasteiger partial charge in [-0.05, 0) is 51.0 Å². The summed E-state index contributed by atoms with van der Waals surface area (Å²) in [7, 11) is 0. The van der Waals surface area contributed by atoms with E-state index in [4.69, 9.17) is 9.47 Å². The van der Waals surface area contributed by atoms with Crippen molar-refractivity contribution in [3.63, 3.8) is 0 Å². The molecule has 1 aliphatic rings. The van der Waals surface area contributed by atoms with E-state index in [-0.39, 0.29) is 37.3 Å². The van der Waals surface area contributed by atoms with Crippen LogP contribution in [0.5, 0.6) is 17.4 Å². The van der Waals surface area contributed by atoms with Crippen molar-refractivity contribution >= 4 is 11.6 Å². The molecule has 0 bridgehead atoms. The lowest BCUT2D eigenvalue weighted by Crippen LogP contribution is -2.50. The largest absolute Gasteiger partial charge is 0.488 e. The van der Waals surface area contributed by atoms with E-state index in [0.717, 1.165) is 0 Å². The summed E-state index contributed by atoms with van der Waals surface area (Å²) in [6.45, 7) is 4.16. The first kappa shape index (κ1) is 21.0. The van der Waals surface area contributed by atoms with E-state index in [9.17, 15) is 13.6 Å². The lowest BCUT2D eigenvalue weighted by molar-refractivity contribution is -0.0522.